The second kappa shape index (κ2) is 30.4. The number of benzene rings is 2. The summed E-state index contributed by atoms with van der Waals surface area (Å²) in [7, 11) is 0. The quantitative estimate of drug-likeness (QED) is 0.0383. The maximum atomic E-state index is 14.7. The van der Waals surface area contributed by atoms with Gasteiger partial charge in [-0.25, -0.2) is 4.79 Å². The van der Waals surface area contributed by atoms with E-state index in [4.69, 9.17) is 22.3 Å². The highest BCUT2D eigenvalue weighted by molar-refractivity contribution is 6.00. The summed E-state index contributed by atoms with van der Waals surface area (Å²) in [6.07, 6.45) is -0.865. The summed E-state index contributed by atoms with van der Waals surface area (Å²) in [5.74, 6) is -12.5. The summed E-state index contributed by atoms with van der Waals surface area (Å²) < 4.78 is 0. The Balaban J connectivity index is 1.30. The minimum Gasteiger partial charge on any atom is -0.508 e. The molecular formula is C55H76N12O17. The highest BCUT2D eigenvalue weighted by atomic mass is 16.4. The number of hydrogen-bond donors (Lipinski definition) is 13. The fraction of sp³-hybridized carbons (Fsp3) is 0.545. The standard InChI is InChI=1S/C55H76N12O17/c1-28(2)23-35(61-50(78)37(25-31-12-16-33(69)17-13-31)60-47(75)34(56)18-19-43(57)70)49(77)63-38(26-44(58)71)52(80)66-21-5-8-41(66)54(82)67-22-6-9-42(67)53(81)65-20-4-7-40(65)51(79)62-36(24-30-10-14-32(68)15-11-30)48(76)59-29(3)46(74)64-39(55(83)84)27-45(72)73/h10-17,28-29,34-42,68-69H,4-9,18-27,56H2,1-3H3,(H2,57,70)(H2,58,71)(H,59,76)(H,60,75)(H,61,78)(H,62,79)(H,63,77)(H,64,74)(H,72,73)(H,83,84)/t29-,34-,35-,36-,37-,38-,39-,40-,41-,42-/m0/s1. The number of rotatable bonds is 29. The first-order valence-electron chi connectivity index (χ1n) is 27.7. The number of carbonyl (C=O) groups excluding carboxylic acids is 11. The lowest BCUT2D eigenvalue weighted by Gasteiger charge is -2.35. The minimum absolute atomic E-state index is 0.00346. The molecule has 0 bridgehead atoms. The molecule has 29 heteroatoms. The topological polar surface area (TPSA) is 463 Å². The predicted octanol–water partition coefficient (Wildman–Crippen LogP) is -3.14. The first-order valence-corrected chi connectivity index (χ1v) is 27.7. The number of amides is 11. The van der Waals surface area contributed by atoms with Crippen molar-refractivity contribution < 1.29 is 82.8 Å². The van der Waals surface area contributed by atoms with Crippen molar-refractivity contribution in [3.8, 4) is 11.5 Å². The molecule has 29 nitrogen and oxygen atoms in total. The van der Waals surface area contributed by atoms with Crippen LogP contribution in [0.25, 0.3) is 0 Å². The lowest BCUT2D eigenvalue weighted by atomic mass is 10.00. The van der Waals surface area contributed by atoms with E-state index in [9.17, 15) is 77.6 Å². The summed E-state index contributed by atoms with van der Waals surface area (Å²) >= 11 is 0. The van der Waals surface area contributed by atoms with Gasteiger partial charge in [0.1, 0.15) is 65.9 Å². The van der Waals surface area contributed by atoms with Crippen LogP contribution in [0.2, 0.25) is 0 Å². The van der Waals surface area contributed by atoms with Crippen LogP contribution in [0.4, 0.5) is 0 Å². The molecule has 2 aromatic carbocycles. The molecule has 0 saturated carbocycles. The molecule has 0 unspecified atom stereocenters. The van der Waals surface area contributed by atoms with Gasteiger partial charge in [0.15, 0.2) is 0 Å². The number of nitrogens with two attached hydrogens (primary N) is 3. The van der Waals surface area contributed by atoms with Crippen molar-refractivity contribution in [2.45, 2.75) is 165 Å². The number of likely N-dealkylation sites (tertiary alicyclic amines) is 3. The number of nitrogens with one attached hydrogen (secondary N) is 6. The van der Waals surface area contributed by atoms with Gasteiger partial charge < -0.3 is 84.2 Å². The van der Waals surface area contributed by atoms with E-state index >= 15 is 0 Å². The van der Waals surface area contributed by atoms with E-state index in [0.29, 0.717) is 30.4 Å². The van der Waals surface area contributed by atoms with E-state index in [0.717, 1.165) is 0 Å². The Hall–Kier alpha value is -8.89. The third-order valence-corrected chi connectivity index (χ3v) is 14.6. The zero-order chi connectivity index (χ0) is 62.1. The highest BCUT2D eigenvalue weighted by Crippen LogP contribution is 2.29. The van der Waals surface area contributed by atoms with Crippen LogP contribution < -0.4 is 49.1 Å². The normalized spacial score (nSPS) is 19.1. The molecular weight excluding hydrogens is 1100 g/mol. The number of aromatic hydroxyl groups is 2. The molecule has 5 rings (SSSR count). The number of hydrogen-bond acceptors (Lipinski definition) is 16. The van der Waals surface area contributed by atoms with E-state index < -0.39 is 150 Å². The van der Waals surface area contributed by atoms with Crippen LogP contribution in [-0.2, 0) is 75.2 Å². The summed E-state index contributed by atoms with van der Waals surface area (Å²) in [4.78, 5) is 177. The van der Waals surface area contributed by atoms with Crippen LogP contribution in [0.3, 0.4) is 0 Å². The van der Waals surface area contributed by atoms with Crippen molar-refractivity contribution in [2.24, 2.45) is 23.1 Å². The van der Waals surface area contributed by atoms with Crippen LogP contribution in [0.15, 0.2) is 48.5 Å². The summed E-state index contributed by atoms with van der Waals surface area (Å²) in [6.45, 7) is 4.91. The molecule has 84 heavy (non-hydrogen) atoms. The van der Waals surface area contributed by atoms with E-state index in [2.05, 4.69) is 31.9 Å². The molecule has 0 radical (unpaired) electrons. The number of phenolic OH excluding ortho intramolecular Hbond substituents is 2. The Labute approximate surface area is 483 Å². The average Bonchev–Trinajstić information content (AvgIpc) is 2.65. The molecule has 3 aliphatic heterocycles. The minimum atomic E-state index is -1.82. The number of carbonyl (C=O) groups is 13. The number of nitrogens with zero attached hydrogens (tertiary/aromatic N) is 3. The average molecular weight is 1180 g/mol. The van der Waals surface area contributed by atoms with E-state index in [1.165, 1.54) is 70.2 Å². The molecule has 0 aromatic heterocycles. The molecule has 3 fully saturated rings. The molecule has 0 spiro atoms. The molecule has 11 amide bonds. The fourth-order valence-electron chi connectivity index (χ4n) is 10.3. The Kier molecular flexibility index (Phi) is 23.9. The first-order chi connectivity index (χ1) is 39.6. The molecule has 16 N–H and O–H groups in total. The van der Waals surface area contributed by atoms with Crippen LogP contribution in [0.5, 0.6) is 11.5 Å². The number of carboxylic acid groups (broad SMARTS) is 2. The smallest absolute Gasteiger partial charge is 0.326 e. The molecule has 3 heterocycles. The fourth-order valence-corrected chi connectivity index (χ4v) is 10.3. The Bertz CT molecular complexity index is 2780. The van der Waals surface area contributed by atoms with Crippen molar-refractivity contribution in [3.05, 3.63) is 59.7 Å². The van der Waals surface area contributed by atoms with Crippen molar-refractivity contribution >= 4 is 76.9 Å². The Morgan fingerprint density at radius 3 is 1.46 bits per heavy atom. The number of phenols is 2. The van der Waals surface area contributed by atoms with Gasteiger partial charge in [0.05, 0.1) is 18.9 Å². The molecule has 2 aromatic rings. The summed E-state index contributed by atoms with van der Waals surface area (Å²) in [6, 6.07) is -2.27. The van der Waals surface area contributed by atoms with Crippen LogP contribution in [-0.4, -0.2) is 192 Å². The van der Waals surface area contributed by atoms with Crippen LogP contribution in [0, 0.1) is 5.92 Å². The number of aliphatic carboxylic acids is 2. The van der Waals surface area contributed by atoms with Gasteiger partial charge in [-0.15, -0.1) is 0 Å². The van der Waals surface area contributed by atoms with Crippen molar-refractivity contribution in [2.75, 3.05) is 19.6 Å². The molecule has 458 valence electrons. The second-order valence-electron chi connectivity index (χ2n) is 21.7. The van der Waals surface area contributed by atoms with Gasteiger partial charge in [-0.05, 0) is 99.6 Å². The van der Waals surface area contributed by atoms with Crippen LogP contribution in [0.1, 0.15) is 103 Å². The number of primary amides is 2. The van der Waals surface area contributed by atoms with Gasteiger partial charge >= 0.3 is 11.9 Å². The lowest BCUT2D eigenvalue weighted by Crippen LogP contribution is -2.60. The maximum Gasteiger partial charge on any atom is 0.326 e. The third-order valence-electron chi connectivity index (χ3n) is 14.6. The number of carboxylic acids is 2. The van der Waals surface area contributed by atoms with Gasteiger partial charge in [-0.2, -0.15) is 0 Å². The van der Waals surface area contributed by atoms with Crippen molar-refractivity contribution in [1.82, 2.24) is 46.6 Å². The van der Waals surface area contributed by atoms with E-state index in [-0.39, 0.29) is 88.4 Å². The molecule has 3 saturated heterocycles. The summed E-state index contributed by atoms with van der Waals surface area (Å²) in [5.41, 5.74) is 17.8. The third kappa shape index (κ3) is 18.8. The Morgan fingerprint density at radius 1 is 0.524 bits per heavy atom. The zero-order valence-corrected chi connectivity index (χ0v) is 47.0. The molecule has 0 aliphatic carbocycles. The lowest BCUT2D eigenvalue weighted by molar-refractivity contribution is -0.151. The van der Waals surface area contributed by atoms with Gasteiger partial charge in [0.2, 0.25) is 65.0 Å². The van der Waals surface area contributed by atoms with Crippen molar-refractivity contribution in [1.29, 1.82) is 0 Å². The second-order valence-corrected chi connectivity index (χ2v) is 21.7. The van der Waals surface area contributed by atoms with Gasteiger partial charge in [0.25, 0.3) is 0 Å². The van der Waals surface area contributed by atoms with Crippen molar-refractivity contribution in [3.63, 3.8) is 0 Å². The van der Waals surface area contributed by atoms with E-state index in [1.807, 2.05) is 0 Å². The molecule has 3 aliphatic rings. The summed E-state index contributed by atoms with van der Waals surface area (Å²) in [5, 5.41) is 53.1. The van der Waals surface area contributed by atoms with Gasteiger partial charge in [-0.1, -0.05) is 38.1 Å². The maximum absolute atomic E-state index is 14.7. The van der Waals surface area contributed by atoms with Crippen LogP contribution >= 0.6 is 0 Å². The molecule has 10 atom stereocenters. The SMILES string of the molecule is CC(C)C[C@H](NC(=O)[C@H](Cc1ccc(O)cc1)NC(=O)[C@@H](N)CCC(N)=O)C(=O)N[C@@H](CC(N)=O)C(=O)N1CCC[C@H]1C(=O)N1CCC[C@H]1C(=O)N1CCC[C@H]1C(=O)N[C@@H](Cc1ccc(O)cc1)C(=O)N[C@@H](C)C(=O)N[C@@H](CC(=O)O)C(=O)O. The van der Waals surface area contributed by atoms with Gasteiger partial charge in [-0.3, -0.25) is 57.5 Å². The predicted molar refractivity (Wildman–Crippen MR) is 295 cm³/mol. The monoisotopic (exact) mass is 1180 g/mol. The zero-order valence-electron chi connectivity index (χ0n) is 47.0. The largest absolute Gasteiger partial charge is 0.508 e. The highest BCUT2D eigenvalue weighted by Gasteiger charge is 2.47. The van der Waals surface area contributed by atoms with E-state index in [1.54, 1.807) is 13.8 Å². The Morgan fingerprint density at radius 2 is 0.964 bits per heavy atom. The van der Waals surface area contributed by atoms with Gasteiger partial charge in [0, 0.05) is 38.9 Å². The first kappa shape index (κ1) is 65.9.